The monoisotopic (exact) mass is 192 g/mol. The number of benzene rings is 1. The summed E-state index contributed by atoms with van der Waals surface area (Å²) in [6, 6.07) is 8.82. The van der Waals surface area contributed by atoms with Crippen molar-refractivity contribution >= 4 is 5.97 Å². The lowest BCUT2D eigenvalue weighted by Crippen LogP contribution is -2.27. The summed E-state index contributed by atoms with van der Waals surface area (Å²) in [5.74, 6) is -0.496. The van der Waals surface area contributed by atoms with Crippen molar-refractivity contribution in [1.29, 1.82) is 0 Å². The largest absolute Gasteiger partial charge is 0.478 e. The van der Waals surface area contributed by atoms with Gasteiger partial charge in [0, 0.05) is 0 Å². The molecule has 0 aliphatic rings. The van der Waals surface area contributed by atoms with Crippen LogP contribution < -0.4 is 4.74 Å². The van der Waals surface area contributed by atoms with Crippen LogP contribution in [-0.2, 0) is 4.79 Å². The first kappa shape index (κ1) is 10.3. The zero-order valence-electron chi connectivity index (χ0n) is 7.93. The second-order valence-electron chi connectivity index (χ2n) is 3.00. The van der Waals surface area contributed by atoms with Gasteiger partial charge in [0.25, 0.3) is 0 Å². The molecule has 0 saturated carbocycles. The van der Waals surface area contributed by atoms with E-state index in [1.165, 1.54) is 0 Å². The minimum atomic E-state index is -1.03. The van der Waals surface area contributed by atoms with Gasteiger partial charge in [0.05, 0.1) is 0 Å². The van der Waals surface area contributed by atoms with Crippen LogP contribution in [0.15, 0.2) is 42.5 Å². The van der Waals surface area contributed by atoms with E-state index in [9.17, 15) is 4.79 Å². The summed E-state index contributed by atoms with van der Waals surface area (Å²) in [5.41, 5.74) is 0.473. The summed E-state index contributed by atoms with van der Waals surface area (Å²) in [6.45, 7) is 5.19. The number of para-hydroxylation sites is 1. The third-order valence-corrected chi connectivity index (χ3v) is 1.67. The van der Waals surface area contributed by atoms with E-state index in [0.717, 1.165) is 0 Å². The second kappa shape index (κ2) is 4.46. The number of hydrogen-bond acceptors (Lipinski definition) is 2. The fourth-order valence-electron chi connectivity index (χ4n) is 0.997. The van der Waals surface area contributed by atoms with Crippen LogP contribution in [-0.4, -0.2) is 17.2 Å². The van der Waals surface area contributed by atoms with Crippen LogP contribution in [0.5, 0.6) is 5.75 Å². The van der Waals surface area contributed by atoms with Gasteiger partial charge in [-0.2, -0.15) is 0 Å². The normalized spacial score (nSPS) is 11.8. The molecule has 0 saturated heterocycles. The zero-order chi connectivity index (χ0) is 10.6. The van der Waals surface area contributed by atoms with Crippen LogP contribution in [0.1, 0.15) is 6.92 Å². The fraction of sp³-hybridized carbons (Fsp3) is 0.182. The van der Waals surface area contributed by atoms with Crippen molar-refractivity contribution in [2.24, 2.45) is 0 Å². The second-order valence-corrected chi connectivity index (χ2v) is 3.00. The predicted octanol–water partition coefficient (Wildman–Crippen LogP) is 2.09. The smallest absolute Gasteiger partial charge is 0.349 e. The Balaban J connectivity index is 2.75. The van der Waals surface area contributed by atoms with Gasteiger partial charge in [-0.3, -0.25) is 0 Å². The lowest BCUT2D eigenvalue weighted by Gasteiger charge is -2.14. The summed E-state index contributed by atoms with van der Waals surface area (Å²) in [6.07, 6.45) is -0.975. The van der Waals surface area contributed by atoms with Crippen LogP contribution in [0.25, 0.3) is 0 Å². The van der Waals surface area contributed by atoms with Gasteiger partial charge in [-0.1, -0.05) is 24.8 Å². The molecule has 1 rings (SSSR count). The molecule has 0 spiro atoms. The SMILES string of the molecule is C=C(C)C(Oc1ccccc1)C(=O)O. The van der Waals surface area contributed by atoms with Gasteiger partial charge in [-0.05, 0) is 24.6 Å². The Bertz CT molecular complexity index is 316. The highest BCUT2D eigenvalue weighted by Crippen LogP contribution is 2.14. The van der Waals surface area contributed by atoms with E-state index in [1.807, 2.05) is 6.07 Å². The molecule has 3 nitrogen and oxygen atoms in total. The molecule has 74 valence electrons. The Morgan fingerprint density at radius 1 is 1.43 bits per heavy atom. The van der Waals surface area contributed by atoms with Crippen LogP contribution in [0.3, 0.4) is 0 Å². The van der Waals surface area contributed by atoms with Gasteiger partial charge in [0.1, 0.15) is 5.75 Å². The molecule has 1 unspecified atom stereocenters. The zero-order valence-corrected chi connectivity index (χ0v) is 7.93. The van der Waals surface area contributed by atoms with Gasteiger partial charge in [0.2, 0.25) is 6.10 Å². The lowest BCUT2D eigenvalue weighted by atomic mass is 10.2. The molecule has 0 amide bonds. The Hall–Kier alpha value is -1.77. The lowest BCUT2D eigenvalue weighted by molar-refractivity contribution is -0.143. The van der Waals surface area contributed by atoms with E-state index in [-0.39, 0.29) is 0 Å². The molecule has 0 bridgehead atoms. The van der Waals surface area contributed by atoms with Gasteiger partial charge < -0.3 is 9.84 Å². The maximum absolute atomic E-state index is 10.8. The molecule has 0 heterocycles. The highest BCUT2D eigenvalue weighted by atomic mass is 16.5. The van der Waals surface area contributed by atoms with Crippen molar-refractivity contribution in [3.8, 4) is 5.75 Å². The highest BCUT2D eigenvalue weighted by Gasteiger charge is 2.19. The van der Waals surface area contributed by atoms with E-state index in [2.05, 4.69) is 6.58 Å². The molecule has 1 N–H and O–H groups in total. The van der Waals surface area contributed by atoms with Crippen LogP contribution >= 0.6 is 0 Å². The molecule has 1 aromatic rings. The van der Waals surface area contributed by atoms with E-state index in [0.29, 0.717) is 11.3 Å². The Kier molecular flexibility index (Phi) is 3.29. The molecule has 0 radical (unpaired) electrons. The first-order chi connectivity index (χ1) is 6.61. The molecular weight excluding hydrogens is 180 g/mol. The average molecular weight is 192 g/mol. The third-order valence-electron chi connectivity index (χ3n) is 1.67. The molecule has 0 aliphatic heterocycles. The van der Waals surface area contributed by atoms with Gasteiger partial charge in [0.15, 0.2) is 0 Å². The molecule has 1 atom stereocenters. The first-order valence-corrected chi connectivity index (χ1v) is 4.21. The van der Waals surface area contributed by atoms with Crippen molar-refractivity contribution in [3.63, 3.8) is 0 Å². The Labute approximate surface area is 82.6 Å². The molecule has 0 aliphatic carbocycles. The summed E-state index contributed by atoms with van der Waals surface area (Å²) >= 11 is 0. The summed E-state index contributed by atoms with van der Waals surface area (Å²) in [5, 5.41) is 8.82. The minimum absolute atomic E-state index is 0.473. The van der Waals surface area contributed by atoms with Crippen LogP contribution in [0.2, 0.25) is 0 Å². The number of rotatable bonds is 4. The minimum Gasteiger partial charge on any atom is -0.478 e. The number of ether oxygens (including phenoxy) is 1. The Morgan fingerprint density at radius 3 is 2.43 bits per heavy atom. The van der Waals surface area contributed by atoms with Gasteiger partial charge in [-0.15, -0.1) is 0 Å². The third kappa shape index (κ3) is 2.62. The first-order valence-electron chi connectivity index (χ1n) is 4.21. The van der Waals surface area contributed by atoms with Gasteiger partial charge in [-0.25, -0.2) is 4.79 Å². The number of aliphatic carboxylic acids is 1. The molecule has 1 aromatic carbocycles. The van der Waals surface area contributed by atoms with Crippen molar-refractivity contribution in [1.82, 2.24) is 0 Å². The maximum atomic E-state index is 10.8. The quantitative estimate of drug-likeness (QED) is 0.743. The number of carbonyl (C=O) groups is 1. The van der Waals surface area contributed by atoms with E-state index >= 15 is 0 Å². The Morgan fingerprint density at radius 2 is 2.00 bits per heavy atom. The molecule has 14 heavy (non-hydrogen) atoms. The summed E-state index contributed by atoms with van der Waals surface area (Å²) in [4.78, 5) is 10.8. The molecule has 0 aromatic heterocycles. The highest BCUT2D eigenvalue weighted by molar-refractivity contribution is 5.76. The maximum Gasteiger partial charge on any atom is 0.349 e. The number of carboxylic acids is 1. The molecular formula is C11H12O3. The average Bonchev–Trinajstić information content (AvgIpc) is 2.15. The van der Waals surface area contributed by atoms with Crippen molar-refractivity contribution in [3.05, 3.63) is 42.5 Å². The van der Waals surface area contributed by atoms with Crippen molar-refractivity contribution < 1.29 is 14.6 Å². The van der Waals surface area contributed by atoms with Gasteiger partial charge >= 0.3 is 5.97 Å². The fourth-order valence-corrected chi connectivity index (χ4v) is 0.997. The summed E-state index contributed by atoms with van der Waals surface area (Å²) in [7, 11) is 0. The topological polar surface area (TPSA) is 46.5 Å². The standard InChI is InChI=1S/C11H12O3/c1-8(2)10(11(12)13)14-9-6-4-3-5-7-9/h3-7,10H,1H2,2H3,(H,12,13). The molecule has 0 fully saturated rings. The van der Waals surface area contributed by atoms with Crippen LogP contribution in [0, 0.1) is 0 Å². The van der Waals surface area contributed by atoms with Crippen molar-refractivity contribution in [2.75, 3.05) is 0 Å². The predicted molar refractivity (Wildman–Crippen MR) is 53.3 cm³/mol. The van der Waals surface area contributed by atoms with Crippen LogP contribution in [0.4, 0.5) is 0 Å². The van der Waals surface area contributed by atoms with E-state index < -0.39 is 12.1 Å². The number of carboxylic acid groups (broad SMARTS) is 1. The number of hydrogen-bond donors (Lipinski definition) is 1. The van der Waals surface area contributed by atoms with E-state index in [1.54, 1.807) is 31.2 Å². The molecule has 3 heteroatoms. The van der Waals surface area contributed by atoms with Crippen molar-refractivity contribution in [2.45, 2.75) is 13.0 Å². The summed E-state index contributed by atoms with van der Waals surface area (Å²) < 4.78 is 5.24. The van der Waals surface area contributed by atoms with E-state index in [4.69, 9.17) is 9.84 Å².